The summed E-state index contributed by atoms with van der Waals surface area (Å²) < 4.78 is 37.2. The Balaban J connectivity index is 2.37. The first kappa shape index (κ1) is 14.6. The molecule has 2 amide bonds. The molecule has 0 spiro atoms. The number of hydrazine groups is 1. The summed E-state index contributed by atoms with van der Waals surface area (Å²) in [6.07, 6.45) is -4.79. The molecule has 0 radical (unpaired) electrons. The maximum absolute atomic E-state index is 12.4. The number of hydrogen-bond donors (Lipinski definition) is 2. The third-order valence-electron chi connectivity index (χ3n) is 2.57. The molecular weight excluding hydrogens is 295 g/mol. The fourth-order valence-electron chi connectivity index (χ4n) is 1.70. The second kappa shape index (κ2) is 4.96. The van der Waals surface area contributed by atoms with Crippen molar-refractivity contribution in [3.8, 4) is 0 Å². The predicted molar refractivity (Wildman–Crippen MR) is 62.2 cm³/mol. The number of aromatic nitrogens is 1. The number of anilines is 1. The zero-order valence-corrected chi connectivity index (χ0v) is 10.2. The number of aliphatic hydroxyl groups is 1. The number of amides is 2. The molecule has 0 bridgehead atoms. The molecular formula is C11H8F3N3O4. The topological polar surface area (TPSA) is 94.0 Å². The number of halogens is 3. The van der Waals surface area contributed by atoms with Gasteiger partial charge >= 0.3 is 12.3 Å². The van der Waals surface area contributed by atoms with E-state index in [1.807, 2.05) is 0 Å². The summed E-state index contributed by atoms with van der Waals surface area (Å²) in [6.45, 7) is -0.384. The Labute approximate surface area is 115 Å². The lowest BCUT2D eigenvalue weighted by atomic mass is 10.3. The van der Waals surface area contributed by atoms with Crippen LogP contribution < -0.4 is 5.01 Å². The lowest BCUT2D eigenvalue weighted by Crippen LogP contribution is -2.52. The monoisotopic (exact) mass is 303 g/mol. The van der Waals surface area contributed by atoms with Crippen LogP contribution in [0.3, 0.4) is 0 Å². The first-order valence-corrected chi connectivity index (χ1v) is 5.47. The van der Waals surface area contributed by atoms with E-state index in [2.05, 4.69) is 4.98 Å². The fraction of sp³-hybridized carbons (Fsp3) is 0.182. The molecule has 0 atom stereocenters. The summed E-state index contributed by atoms with van der Waals surface area (Å²) in [4.78, 5) is 25.7. The minimum absolute atomic E-state index is 0.0848. The van der Waals surface area contributed by atoms with Gasteiger partial charge in [0.2, 0.25) is 0 Å². The summed E-state index contributed by atoms with van der Waals surface area (Å²) in [7, 11) is 0. The van der Waals surface area contributed by atoms with Gasteiger partial charge in [0.1, 0.15) is 11.5 Å². The first-order chi connectivity index (χ1) is 9.70. The van der Waals surface area contributed by atoms with Crippen LogP contribution >= 0.6 is 0 Å². The van der Waals surface area contributed by atoms with Crippen molar-refractivity contribution >= 4 is 17.7 Å². The standard InChI is InChI=1S/C11H8F3N3O4/c12-11(13,14)8-2-1-6(4-15-8)16-5-7(18)3-9(19)17(16)10(20)21/h1-4,18H,5H2,(H,20,21). The van der Waals surface area contributed by atoms with Crippen LogP contribution in [0, 0.1) is 0 Å². The Bertz CT molecular complexity index is 612. The van der Waals surface area contributed by atoms with E-state index in [0.29, 0.717) is 12.1 Å². The average molecular weight is 303 g/mol. The minimum Gasteiger partial charge on any atom is -0.510 e. The van der Waals surface area contributed by atoms with Crippen LogP contribution in [0.2, 0.25) is 0 Å². The highest BCUT2D eigenvalue weighted by atomic mass is 19.4. The van der Waals surface area contributed by atoms with E-state index in [1.165, 1.54) is 0 Å². The molecule has 0 aromatic carbocycles. The van der Waals surface area contributed by atoms with Gasteiger partial charge in [0.25, 0.3) is 5.91 Å². The Kier molecular flexibility index (Phi) is 3.45. The molecule has 7 nitrogen and oxygen atoms in total. The summed E-state index contributed by atoms with van der Waals surface area (Å²) >= 11 is 0. The van der Waals surface area contributed by atoms with Crippen molar-refractivity contribution in [2.24, 2.45) is 0 Å². The molecule has 0 unspecified atom stereocenters. The third-order valence-corrected chi connectivity index (χ3v) is 2.57. The molecule has 0 fully saturated rings. The largest absolute Gasteiger partial charge is 0.510 e. The highest BCUT2D eigenvalue weighted by molar-refractivity contribution is 6.00. The van der Waals surface area contributed by atoms with Gasteiger partial charge in [-0.15, -0.1) is 5.01 Å². The maximum Gasteiger partial charge on any atom is 0.434 e. The van der Waals surface area contributed by atoms with Crippen LogP contribution in [-0.2, 0) is 11.0 Å². The molecule has 0 saturated carbocycles. The minimum atomic E-state index is -4.63. The molecule has 0 aliphatic carbocycles. The van der Waals surface area contributed by atoms with E-state index in [9.17, 15) is 27.9 Å². The lowest BCUT2D eigenvalue weighted by Gasteiger charge is -2.34. The van der Waals surface area contributed by atoms with Crippen molar-refractivity contribution < 1.29 is 33.0 Å². The van der Waals surface area contributed by atoms with Gasteiger partial charge in [0, 0.05) is 6.08 Å². The van der Waals surface area contributed by atoms with Gasteiger partial charge in [-0.1, -0.05) is 0 Å². The number of rotatable bonds is 1. The Hall–Kier alpha value is -2.78. The number of aliphatic hydroxyl groups excluding tert-OH is 1. The Morgan fingerprint density at radius 2 is 2.00 bits per heavy atom. The summed E-state index contributed by atoms with van der Waals surface area (Å²) in [5, 5.41) is 19.4. The van der Waals surface area contributed by atoms with Crippen LogP contribution in [0.4, 0.5) is 23.7 Å². The van der Waals surface area contributed by atoms with Crippen LogP contribution in [0.25, 0.3) is 0 Å². The number of nitrogens with zero attached hydrogens (tertiary/aromatic N) is 3. The van der Waals surface area contributed by atoms with Crippen molar-refractivity contribution in [1.82, 2.24) is 9.99 Å². The smallest absolute Gasteiger partial charge is 0.434 e. The summed E-state index contributed by atoms with van der Waals surface area (Å²) in [5.41, 5.74) is -1.24. The number of hydrogen-bond acceptors (Lipinski definition) is 5. The average Bonchev–Trinajstić information content (AvgIpc) is 2.36. The van der Waals surface area contributed by atoms with Crippen molar-refractivity contribution in [1.29, 1.82) is 0 Å². The number of carbonyl (C=O) groups excluding carboxylic acids is 1. The molecule has 0 saturated heterocycles. The van der Waals surface area contributed by atoms with E-state index in [4.69, 9.17) is 5.11 Å². The maximum atomic E-state index is 12.4. The molecule has 2 rings (SSSR count). The number of carboxylic acid groups (broad SMARTS) is 1. The van der Waals surface area contributed by atoms with Crippen LogP contribution in [0.5, 0.6) is 0 Å². The predicted octanol–water partition coefficient (Wildman–Crippen LogP) is 1.78. The molecule has 10 heteroatoms. The highest BCUT2D eigenvalue weighted by Crippen LogP contribution is 2.29. The molecule has 2 N–H and O–H groups in total. The van der Waals surface area contributed by atoms with Gasteiger partial charge in [0.05, 0.1) is 18.4 Å². The molecule has 1 aliphatic rings. The molecule has 21 heavy (non-hydrogen) atoms. The van der Waals surface area contributed by atoms with E-state index < -0.39 is 29.6 Å². The van der Waals surface area contributed by atoms with Gasteiger partial charge in [-0.05, 0) is 12.1 Å². The first-order valence-electron chi connectivity index (χ1n) is 5.47. The van der Waals surface area contributed by atoms with Crippen molar-refractivity contribution in [3.05, 3.63) is 35.9 Å². The second-order valence-electron chi connectivity index (χ2n) is 4.03. The molecule has 112 valence electrons. The van der Waals surface area contributed by atoms with Gasteiger partial charge < -0.3 is 10.2 Å². The summed E-state index contributed by atoms with van der Waals surface area (Å²) in [5.74, 6) is -1.46. The van der Waals surface area contributed by atoms with Gasteiger partial charge in [-0.25, -0.2) is 9.78 Å². The fourth-order valence-corrected chi connectivity index (χ4v) is 1.70. The van der Waals surface area contributed by atoms with Crippen LogP contribution in [0.15, 0.2) is 30.2 Å². The normalized spacial score (nSPS) is 16.0. The zero-order valence-electron chi connectivity index (χ0n) is 10.2. The van der Waals surface area contributed by atoms with E-state index in [0.717, 1.165) is 17.3 Å². The van der Waals surface area contributed by atoms with E-state index in [-0.39, 0.29) is 17.2 Å². The van der Waals surface area contributed by atoms with Crippen molar-refractivity contribution in [2.75, 3.05) is 11.6 Å². The van der Waals surface area contributed by atoms with Gasteiger partial charge in [-0.3, -0.25) is 9.80 Å². The lowest BCUT2D eigenvalue weighted by molar-refractivity contribution is -0.141. The SMILES string of the molecule is O=C(O)N1C(=O)C=C(O)CN1c1ccc(C(F)(F)F)nc1. The quantitative estimate of drug-likeness (QED) is 0.821. The van der Waals surface area contributed by atoms with Crippen LogP contribution in [-0.4, -0.2) is 38.8 Å². The van der Waals surface area contributed by atoms with E-state index >= 15 is 0 Å². The zero-order chi connectivity index (χ0) is 15.8. The molecule has 1 aromatic rings. The molecule has 1 aliphatic heterocycles. The Morgan fingerprint density at radius 3 is 2.48 bits per heavy atom. The number of imide groups is 1. The van der Waals surface area contributed by atoms with E-state index in [1.54, 1.807) is 0 Å². The summed E-state index contributed by atoms with van der Waals surface area (Å²) in [6, 6.07) is 1.60. The molecule has 2 heterocycles. The van der Waals surface area contributed by atoms with Gasteiger partial charge in [0.15, 0.2) is 0 Å². The molecule has 1 aromatic heterocycles. The second-order valence-corrected chi connectivity index (χ2v) is 4.03. The third kappa shape index (κ3) is 2.88. The number of alkyl halides is 3. The van der Waals surface area contributed by atoms with Crippen molar-refractivity contribution in [3.63, 3.8) is 0 Å². The highest BCUT2D eigenvalue weighted by Gasteiger charge is 2.35. The van der Waals surface area contributed by atoms with Crippen LogP contribution in [0.1, 0.15) is 5.69 Å². The van der Waals surface area contributed by atoms with Gasteiger partial charge in [-0.2, -0.15) is 13.2 Å². The number of pyridine rings is 1. The number of carbonyl (C=O) groups is 2. The Morgan fingerprint density at radius 1 is 1.33 bits per heavy atom. The van der Waals surface area contributed by atoms with Crippen molar-refractivity contribution in [2.45, 2.75) is 6.18 Å².